The van der Waals surface area contributed by atoms with Crippen molar-refractivity contribution in [2.45, 2.75) is 6.54 Å². The Morgan fingerprint density at radius 3 is 2.50 bits per heavy atom. The van der Waals surface area contributed by atoms with E-state index in [1.807, 2.05) is 39.8 Å². The Morgan fingerprint density at radius 2 is 1.81 bits per heavy atom. The van der Waals surface area contributed by atoms with Crippen molar-refractivity contribution in [1.29, 1.82) is 0 Å². The van der Waals surface area contributed by atoms with Crippen LogP contribution in [-0.2, 0) is 6.54 Å². The van der Waals surface area contributed by atoms with Crippen LogP contribution in [0.5, 0.6) is 5.75 Å². The second-order valence-electron chi connectivity index (χ2n) is 8.58. The molecule has 1 fully saturated rings. The minimum absolute atomic E-state index is 0.0166. The number of piperazine rings is 1. The lowest BCUT2D eigenvalue weighted by Gasteiger charge is -2.35. The first-order chi connectivity index (χ1) is 17.7. The number of methoxy groups -OCH3 is 1. The number of anilines is 2. The van der Waals surface area contributed by atoms with Gasteiger partial charge in [-0.1, -0.05) is 36.4 Å². The molecule has 1 aliphatic rings. The molecule has 0 bridgehead atoms. The van der Waals surface area contributed by atoms with Crippen LogP contribution in [0.2, 0.25) is 0 Å². The van der Waals surface area contributed by atoms with E-state index in [4.69, 9.17) is 14.7 Å². The Hall–Kier alpha value is -4.40. The van der Waals surface area contributed by atoms with Gasteiger partial charge in [-0.05, 0) is 29.8 Å². The van der Waals surface area contributed by atoms with Crippen LogP contribution in [0.25, 0.3) is 11.2 Å². The van der Waals surface area contributed by atoms with Crippen molar-refractivity contribution in [3.8, 4) is 5.75 Å². The van der Waals surface area contributed by atoms with Crippen LogP contribution in [0.3, 0.4) is 0 Å². The number of imidazole rings is 1. The third-order valence-electron chi connectivity index (χ3n) is 6.25. The highest BCUT2D eigenvalue weighted by molar-refractivity contribution is 5.94. The van der Waals surface area contributed by atoms with Gasteiger partial charge in [-0.2, -0.15) is 9.97 Å². The van der Waals surface area contributed by atoms with Crippen molar-refractivity contribution < 1.29 is 9.53 Å². The van der Waals surface area contributed by atoms with E-state index in [1.165, 1.54) is 5.56 Å². The van der Waals surface area contributed by atoms with Crippen molar-refractivity contribution in [2.75, 3.05) is 50.1 Å². The first-order valence-corrected chi connectivity index (χ1v) is 12.0. The smallest absolute Gasteiger partial charge is 0.253 e. The van der Waals surface area contributed by atoms with Gasteiger partial charge in [0.05, 0.1) is 20.0 Å². The SMILES string of the molecule is C=CCNc1nc(N2CCN(C(=O)c3ccc(OC)cc3)CC2)nc2c1ncn2Cc1ccccc1. The third-order valence-corrected chi connectivity index (χ3v) is 6.25. The lowest BCUT2D eigenvalue weighted by Crippen LogP contribution is -2.49. The predicted molar refractivity (Wildman–Crippen MR) is 141 cm³/mol. The van der Waals surface area contributed by atoms with E-state index in [-0.39, 0.29) is 5.91 Å². The Kier molecular flexibility index (Phi) is 6.79. The van der Waals surface area contributed by atoms with Gasteiger partial charge < -0.3 is 24.4 Å². The molecule has 184 valence electrons. The highest BCUT2D eigenvalue weighted by Crippen LogP contribution is 2.24. The molecule has 2 aromatic carbocycles. The number of nitrogens with one attached hydrogen (secondary N) is 1. The van der Waals surface area contributed by atoms with Gasteiger partial charge >= 0.3 is 0 Å². The number of hydrogen-bond donors (Lipinski definition) is 1. The number of ether oxygens (including phenoxy) is 1. The Morgan fingerprint density at radius 1 is 1.06 bits per heavy atom. The second-order valence-corrected chi connectivity index (χ2v) is 8.58. The fraction of sp³-hybridized carbons (Fsp3) is 0.259. The average Bonchev–Trinajstić information content (AvgIpc) is 3.34. The fourth-order valence-corrected chi connectivity index (χ4v) is 4.29. The maximum atomic E-state index is 13.0. The van der Waals surface area contributed by atoms with Crippen molar-refractivity contribution >= 4 is 28.8 Å². The second kappa shape index (κ2) is 10.5. The molecule has 0 saturated carbocycles. The molecular weight excluding hydrogens is 454 g/mol. The van der Waals surface area contributed by atoms with Gasteiger partial charge in [0.25, 0.3) is 5.91 Å². The van der Waals surface area contributed by atoms with Crippen LogP contribution in [0.4, 0.5) is 11.8 Å². The average molecular weight is 484 g/mol. The Balaban J connectivity index is 1.36. The molecule has 9 nitrogen and oxygen atoms in total. The van der Waals surface area contributed by atoms with E-state index >= 15 is 0 Å². The molecule has 0 aliphatic carbocycles. The zero-order valence-corrected chi connectivity index (χ0v) is 20.3. The molecule has 9 heteroatoms. The molecule has 1 amide bonds. The maximum absolute atomic E-state index is 13.0. The summed E-state index contributed by atoms with van der Waals surface area (Å²) in [5.74, 6) is 2.05. The summed E-state index contributed by atoms with van der Waals surface area (Å²) in [5, 5.41) is 3.31. The van der Waals surface area contributed by atoms with Crippen molar-refractivity contribution in [3.05, 3.63) is 84.7 Å². The molecule has 5 rings (SSSR count). The van der Waals surface area contributed by atoms with Crippen LogP contribution in [0.15, 0.2) is 73.6 Å². The summed E-state index contributed by atoms with van der Waals surface area (Å²) in [6.45, 7) is 7.49. The monoisotopic (exact) mass is 483 g/mol. The van der Waals surface area contributed by atoms with E-state index < -0.39 is 0 Å². The van der Waals surface area contributed by atoms with Crippen LogP contribution < -0.4 is 15.0 Å². The van der Waals surface area contributed by atoms with E-state index in [0.29, 0.717) is 56.6 Å². The number of carbonyl (C=O) groups excluding carboxylic acids is 1. The summed E-state index contributed by atoms with van der Waals surface area (Å²) < 4.78 is 7.24. The summed E-state index contributed by atoms with van der Waals surface area (Å²) >= 11 is 0. The number of aromatic nitrogens is 4. The topological polar surface area (TPSA) is 88.4 Å². The Bertz CT molecular complexity index is 1340. The molecule has 1 N–H and O–H groups in total. The quantitative estimate of drug-likeness (QED) is 0.384. The molecule has 2 aromatic heterocycles. The molecule has 1 saturated heterocycles. The summed E-state index contributed by atoms with van der Waals surface area (Å²) in [4.78, 5) is 31.3. The summed E-state index contributed by atoms with van der Waals surface area (Å²) in [5.41, 5.74) is 3.32. The van der Waals surface area contributed by atoms with Gasteiger partial charge in [0.2, 0.25) is 5.95 Å². The van der Waals surface area contributed by atoms with Gasteiger partial charge in [-0.3, -0.25) is 4.79 Å². The summed E-state index contributed by atoms with van der Waals surface area (Å²) in [6.07, 6.45) is 3.60. The number of carbonyl (C=O) groups is 1. The highest BCUT2D eigenvalue weighted by atomic mass is 16.5. The van der Waals surface area contributed by atoms with E-state index in [1.54, 1.807) is 31.6 Å². The van der Waals surface area contributed by atoms with Gasteiger partial charge in [0, 0.05) is 38.3 Å². The fourth-order valence-electron chi connectivity index (χ4n) is 4.29. The van der Waals surface area contributed by atoms with E-state index in [2.05, 4.69) is 33.9 Å². The van der Waals surface area contributed by atoms with Gasteiger partial charge in [-0.25, -0.2) is 4.98 Å². The van der Waals surface area contributed by atoms with Crippen LogP contribution in [0, 0.1) is 0 Å². The number of rotatable bonds is 8. The lowest BCUT2D eigenvalue weighted by atomic mass is 10.1. The molecule has 1 aliphatic heterocycles. The van der Waals surface area contributed by atoms with Crippen molar-refractivity contribution in [3.63, 3.8) is 0 Å². The Labute approximate surface area is 210 Å². The number of nitrogens with zero attached hydrogens (tertiary/aromatic N) is 6. The molecule has 0 radical (unpaired) electrons. The van der Waals surface area contributed by atoms with Gasteiger partial charge in [0.15, 0.2) is 17.0 Å². The van der Waals surface area contributed by atoms with Crippen LogP contribution in [-0.4, -0.2) is 70.2 Å². The molecular formula is C27H29N7O2. The summed E-state index contributed by atoms with van der Waals surface area (Å²) in [7, 11) is 1.61. The lowest BCUT2D eigenvalue weighted by molar-refractivity contribution is 0.0746. The zero-order chi connectivity index (χ0) is 24.9. The van der Waals surface area contributed by atoms with Gasteiger partial charge in [0.1, 0.15) is 5.75 Å². The van der Waals surface area contributed by atoms with Crippen molar-refractivity contribution in [1.82, 2.24) is 24.4 Å². The van der Waals surface area contributed by atoms with Crippen LogP contribution >= 0.6 is 0 Å². The molecule has 0 unspecified atom stereocenters. The first-order valence-electron chi connectivity index (χ1n) is 12.0. The molecule has 36 heavy (non-hydrogen) atoms. The van der Waals surface area contributed by atoms with E-state index in [0.717, 1.165) is 16.9 Å². The minimum atomic E-state index is 0.0166. The number of hydrogen-bond acceptors (Lipinski definition) is 7. The minimum Gasteiger partial charge on any atom is -0.497 e. The summed E-state index contributed by atoms with van der Waals surface area (Å²) in [6, 6.07) is 17.5. The molecule has 0 spiro atoms. The predicted octanol–water partition coefficient (Wildman–Crippen LogP) is 3.44. The largest absolute Gasteiger partial charge is 0.497 e. The standard InChI is InChI=1S/C27H29N7O2/c1-3-13-28-24-23-25(34(19-29-23)18-20-7-5-4-6-8-20)31-27(30-24)33-16-14-32(15-17-33)26(35)21-9-11-22(36-2)12-10-21/h3-12,19H,1,13-18H2,2H3,(H,28,30,31). The van der Waals surface area contributed by atoms with E-state index in [9.17, 15) is 4.79 Å². The number of fused-ring (bicyclic) bond motifs is 1. The number of benzene rings is 2. The first kappa shape index (κ1) is 23.3. The highest BCUT2D eigenvalue weighted by Gasteiger charge is 2.25. The van der Waals surface area contributed by atoms with Gasteiger partial charge in [-0.15, -0.1) is 6.58 Å². The van der Waals surface area contributed by atoms with Crippen molar-refractivity contribution in [2.24, 2.45) is 0 Å². The normalized spacial score (nSPS) is 13.6. The van der Waals surface area contributed by atoms with Crippen LogP contribution in [0.1, 0.15) is 15.9 Å². The zero-order valence-electron chi connectivity index (χ0n) is 20.3. The molecule has 0 atom stereocenters. The number of amides is 1. The molecule has 3 heterocycles. The maximum Gasteiger partial charge on any atom is 0.253 e. The third kappa shape index (κ3) is 4.86. The molecule has 4 aromatic rings.